The second kappa shape index (κ2) is 1.87. The fourth-order valence-electron chi connectivity index (χ4n) is 1.13. The van der Waals surface area contributed by atoms with E-state index in [4.69, 9.17) is 0 Å². The van der Waals surface area contributed by atoms with Gasteiger partial charge in [-0.2, -0.15) is 5.10 Å². The summed E-state index contributed by atoms with van der Waals surface area (Å²) in [6.07, 6.45) is 3.80. The number of nitrogens with one attached hydrogen (secondary N) is 1. The average Bonchev–Trinajstić information content (AvgIpc) is 2.44. The Morgan fingerprint density at radius 3 is 3.40 bits per heavy atom. The monoisotopic (exact) mass is 135 g/mol. The predicted octanol–water partition coefficient (Wildman–Crippen LogP) is 1.38. The molecule has 0 aliphatic carbocycles. The van der Waals surface area contributed by atoms with Crippen molar-refractivity contribution in [3.8, 4) is 0 Å². The van der Waals surface area contributed by atoms with E-state index in [-0.39, 0.29) is 0 Å². The van der Waals surface area contributed by atoms with Crippen molar-refractivity contribution in [2.45, 2.75) is 13.5 Å². The molecule has 52 valence electrons. The van der Waals surface area contributed by atoms with E-state index in [2.05, 4.69) is 17.0 Å². The van der Waals surface area contributed by atoms with E-state index in [1.807, 2.05) is 23.1 Å². The molecule has 3 nitrogen and oxygen atoms in total. The molecule has 3 heteroatoms. The maximum absolute atomic E-state index is 4.16. The van der Waals surface area contributed by atoms with Gasteiger partial charge < -0.3 is 4.98 Å². The second-order valence-electron chi connectivity index (χ2n) is 2.24. The molecule has 0 radical (unpaired) electrons. The van der Waals surface area contributed by atoms with Gasteiger partial charge in [0.1, 0.15) is 5.65 Å². The highest BCUT2D eigenvalue weighted by molar-refractivity contribution is 5.74. The Labute approximate surface area is 58.7 Å². The van der Waals surface area contributed by atoms with E-state index >= 15 is 0 Å². The van der Waals surface area contributed by atoms with Gasteiger partial charge in [0.25, 0.3) is 0 Å². The lowest BCUT2D eigenvalue weighted by atomic mass is 10.4. The summed E-state index contributed by atoms with van der Waals surface area (Å²) in [4.78, 5) is 3.12. The zero-order chi connectivity index (χ0) is 6.97. The molecule has 0 saturated carbocycles. The Morgan fingerprint density at radius 2 is 2.60 bits per heavy atom. The lowest BCUT2D eigenvalue weighted by Crippen LogP contribution is -1.95. The smallest absolute Gasteiger partial charge is 0.135 e. The van der Waals surface area contributed by atoms with Crippen molar-refractivity contribution in [3.05, 3.63) is 18.5 Å². The summed E-state index contributed by atoms with van der Waals surface area (Å²) in [6, 6.07) is 2.02. The van der Waals surface area contributed by atoms with Crippen molar-refractivity contribution in [3.63, 3.8) is 0 Å². The molecular weight excluding hydrogens is 126 g/mol. The molecule has 2 rings (SSSR count). The number of fused-ring (bicyclic) bond motifs is 1. The second-order valence-corrected chi connectivity index (χ2v) is 2.24. The summed E-state index contributed by atoms with van der Waals surface area (Å²) < 4.78 is 1.94. The first-order valence-corrected chi connectivity index (χ1v) is 3.40. The van der Waals surface area contributed by atoms with Crippen LogP contribution >= 0.6 is 0 Å². The lowest BCUT2D eigenvalue weighted by molar-refractivity contribution is 0.677. The highest BCUT2D eigenvalue weighted by atomic mass is 15.3. The summed E-state index contributed by atoms with van der Waals surface area (Å²) in [7, 11) is 0. The highest BCUT2D eigenvalue weighted by Gasteiger charge is 1.98. The first kappa shape index (κ1) is 5.53. The van der Waals surface area contributed by atoms with Crippen molar-refractivity contribution in [1.29, 1.82) is 0 Å². The van der Waals surface area contributed by atoms with Crippen LogP contribution in [-0.2, 0) is 6.54 Å². The van der Waals surface area contributed by atoms with Crippen molar-refractivity contribution in [1.82, 2.24) is 14.8 Å². The number of hydrogen-bond donors (Lipinski definition) is 1. The van der Waals surface area contributed by atoms with E-state index < -0.39 is 0 Å². The van der Waals surface area contributed by atoms with Crippen LogP contribution in [0.1, 0.15) is 6.92 Å². The minimum atomic E-state index is 0.921. The average molecular weight is 135 g/mol. The molecule has 0 amide bonds. The molecule has 0 aromatic carbocycles. The minimum absolute atomic E-state index is 0.921. The van der Waals surface area contributed by atoms with Crippen molar-refractivity contribution in [2.24, 2.45) is 0 Å². The van der Waals surface area contributed by atoms with E-state index in [1.54, 1.807) is 0 Å². The third kappa shape index (κ3) is 0.572. The SMILES string of the molecule is CCn1ncc2cc[nH]c21. The van der Waals surface area contributed by atoms with Crippen LogP contribution in [0.5, 0.6) is 0 Å². The first-order valence-electron chi connectivity index (χ1n) is 3.40. The molecule has 0 aliphatic rings. The van der Waals surface area contributed by atoms with Crippen LogP contribution in [0, 0.1) is 0 Å². The number of H-pyrrole nitrogens is 1. The van der Waals surface area contributed by atoms with Gasteiger partial charge in [-0.15, -0.1) is 0 Å². The Kier molecular flexibility index (Phi) is 1.03. The van der Waals surface area contributed by atoms with Gasteiger partial charge in [0.2, 0.25) is 0 Å². The van der Waals surface area contributed by atoms with E-state index in [0.717, 1.165) is 12.2 Å². The van der Waals surface area contributed by atoms with Gasteiger partial charge in [-0.25, -0.2) is 4.68 Å². The molecule has 0 fully saturated rings. The van der Waals surface area contributed by atoms with E-state index in [0.29, 0.717) is 0 Å². The highest BCUT2D eigenvalue weighted by Crippen LogP contribution is 2.09. The molecule has 0 spiro atoms. The van der Waals surface area contributed by atoms with Crippen molar-refractivity contribution < 1.29 is 0 Å². The standard InChI is InChI=1S/C7H9N3/c1-2-10-7-6(5-9-10)3-4-8-7/h3-5,8H,2H2,1H3. The molecule has 0 atom stereocenters. The number of rotatable bonds is 1. The molecule has 2 aromatic rings. The molecule has 2 aromatic heterocycles. The van der Waals surface area contributed by atoms with Gasteiger partial charge in [0, 0.05) is 18.1 Å². The number of hydrogen-bond acceptors (Lipinski definition) is 1. The third-order valence-corrected chi connectivity index (χ3v) is 1.65. The summed E-state index contributed by atoms with van der Waals surface area (Å²) in [5.41, 5.74) is 1.11. The van der Waals surface area contributed by atoms with Crippen LogP contribution in [-0.4, -0.2) is 14.8 Å². The number of aryl methyl sites for hydroxylation is 1. The largest absolute Gasteiger partial charge is 0.346 e. The molecule has 0 bridgehead atoms. The van der Waals surface area contributed by atoms with E-state index in [1.165, 1.54) is 5.39 Å². The molecule has 2 heterocycles. The summed E-state index contributed by atoms with van der Waals surface area (Å²) >= 11 is 0. The topological polar surface area (TPSA) is 33.6 Å². The van der Waals surface area contributed by atoms with Gasteiger partial charge in [0.05, 0.1) is 6.20 Å². The minimum Gasteiger partial charge on any atom is -0.346 e. The molecule has 0 saturated heterocycles. The van der Waals surface area contributed by atoms with Gasteiger partial charge >= 0.3 is 0 Å². The fraction of sp³-hybridized carbons (Fsp3) is 0.286. The van der Waals surface area contributed by atoms with Crippen LogP contribution in [0.25, 0.3) is 11.0 Å². The zero-order valence-electron chi connectivity index (χ0n) is 5.83. The molecule has 10 heavy (non-hydrogen) atoms. The maximum Gasteiger partial charge on any atom is 0.135 e. The van der Waals surface area contributed by atoms with Crippen LogP contribution in [0.3, 0.4) is 0 Å². The number of aromatic nitrogens is 3. The van der Waals surface area contributed by atoms with Gasteiger partial charge in [0.15, 0.2) is 0 Å². The summed E-state index contributed by atoms with van der Waals surface area (Å²) in [5.74, 6) is 0. The fourth-order valence-corrected chi connectivity index (χ4v) is 1.13. The quantitative estimate of drug-likeness (QED) is 0.629. The van der Waals surface area contributed by atoms with Crippen LogP contribution < -0.4 is 0 Å². The third-order valence-electron chi connectivity index (χ3n) is 1.65. The molecule has 0 unspecified atom stereocenters. The Balaban J connectivity index is 2.76. The Bertz CT molecular complexity index is 331. The maximum atomic E-state index is 4.16. The van der Waals surface area contributed by atoms with E-state index in [9.17, 15) is 0 Å². The number of nitrogens with zero attached hydrogens (tertiary/aromatic N) is 2. The molecular formula is C7H9N3. The van der Waals surface area contributed by atoms with Crippen LogP contribution in [0.2, 0.25) is 0 Å². The van der Waals surface area contributed by atoms with Crippen molar-refractivity contribution >= 4 is 11.0 Å². The summed E-state index contributed by atoms with van der Waals surface area (Å²) in [6.45, 7) is 3.00. The Morgan fingerprint density at radius 1 is 1.70 bits per heavy atom. The zero-order valence-corrected chi connectivity index (χ0v) is 5.83. The van der Waals surface area contributed by atoms with Gasteiger partial charge in [-0.1, -0.05) is 0 Å². The summed E-state index contributed by atoms with van der Waals surface area (Å²) in [5, 5.41) is 5.34. The normalized spacial score (nSPS) is 10.9. The van der Waals surface area contributed by atoms with Crippen LogP contribution in [0.15, 0.2) is 18.5 Å². The van der Waals surface area contributed by atoms with Gasteiger partial charge in [-0.05, 0) is 13.0 Å². The first-order chi connectivity index (χ1) is 4.92. The molecule has 1 N–H and O–H groups in total. The number of aromatic amines is 1. The lowest BCUT2D eigenvalue weighted by Gasteiger charge is -1.92. The Hall–Kier alpha value is -1.25. The van der Waals surface area contributed by atoms with Crippen LogP contribution in [0.4, 0.5) is 0 Å². The predicted molar refractivity (Wildman–Crippen MR) is 39.8 cm³/mol. The molecule has 0 aliphatic heterocycles. The van der Waals surface area contributed by atoms with Gasteiger partial charge in [-0.3, -0.25) is 0 Å². The van der Waals surface area contributed by atoms with Crippen molar-refractivity contribution in [2.75, 3.05) is 0 Å².